The largest absolute Gasteiger partial charge is 0.341 e. The van der Waals surface area contributed by atoms with Gasteiger partial charge in [0.2, 0.25) is 5.91 Å². The number of amides is 1. The van der Waals surface area contributed by atoms with Gasteiger partial charge in [0.05, 0.1) is 0 Å². The molecule has 1 amide bonds. The molecule has 1 heterocycles. The molecular formula is C15H26N2O. The summed E-state index contributed by atoms with van der Waals surface area (Å²) in [6.07, 6.45) is 10.3. The van der Waals surface area contributed by atoms with E-state index in [4.69, 9.17) is 5.73 Å². The lowest BCUT2D eigenvalue weighted by Crippen LogP contribution is -2.46. The summed E-state index contributed by atoms with van der Waals surface area (Å²) < 4.78 is 0. The average molecular weight is 250 g/mol. The second kappa shape index (κ2) is 5.20. The molecule has 0 aromatic carbocycles. The van der Waals surface area contributed by atoms with Gasteiger partial charge in [0.15, 0.2) is 0 Å². The van der Waals surface area contributed by atoms with Crippen molar-refractivity contribution in [2.24, 2.45) is 23.5 Å². The van der Waals surface area contributed by atoms with Crippen LogP contribution in [-0.2, 0) is 4.79 Å². The smallest absolute Gasteiger partial charge is 0.226 e. The Bertz CT molecular complexity index is 312. The Morgan fingerprint density at radius 2 is 1.83 bits per heavy atom. The first kappa shape index (κ1) is 12.5. The second-order valence-electron chi connectivity index (χ2n) is 6.59. The van der Waals surface area contributed by atoms with Crippen LogP contribution in [0.5, 0.6) is 0 Å². The Morgan fingerprint density at radius 1 is 1.06 bits per heavy atom. The van der Waals surface area contributed by atoms with Crippen LogP contribution in [0.1, 0.15) is 51.4 Å². The minimum atomic E-state index is 0.217. The van der Waals surface area contributed by atoms with Crippen LogP contribution in [0.25, 0.3) is 0 Å². The van der Waals surface area contributed by atoms with Gasteiger partial charge in [-0.2, -0.15) is 0 Å². The monoisotopic (exact) mass is 250 g/mol. The minimum absolute atomic E-state index is 0.217. The van der Waals surface area contributed by atoms with Crippen molar-refractivity contribution in [2.75, 3.05) is 13.1 Å². The molecule has 3 aliphatic rings. The lowest BCUT2D eigenvalue weighted by atomic mass is 9.85. The number of nitrogens with two attached hydrogens (primary N) is 1. The third-order valence-corrected chi connectivity index (χ3v) is 5.18. The molecule has 0 spiro atoms. The molecule has 102 valence electrons. The lowest BCUT2D eigenvalue weighted by molar-refractivity contribution is -0.134. The molecule has 1 aliphatic heterocycles. The van der Waals surface area contributed by atoms with Crippen LogP contribution >= 0.6 is 0 Å². The zero-order valence-corrected chi connectivity index (χ0v) is 11.3. The Morgan fingerprint density at radius 3 is 2.56 bits per heavy atom. The highest BCUT2D eigenvalue weighted by Gasteiger charge is 2.48. The number of piperidine rings is 1. The number of carbonyl (C=O) groups excluding carboxylic acids is 1. The zero-order chi connectivity index (χ0) is 12.5. The van der Waals surface area contributed by atoms with Crippen molar-refractivity contribution in [3.63, 3.8) is 0 Å². The van der Waals surface area contributed by atoms with E-state index in [0.29, 0.717) is 11.8 Å². The van der Waals surface area contributed by atoms with Crippen LogP contribution in [-0.4, -0.2) is 29.9 Å². The SMILES string of the molecule is NC1CCCN(C(=O)C2CC2C2CCCCC2)C1. The number of nitrogens with zero attached hydrogens (tertiary/aromatic N) is 1. The second-order valence-corrected chi connectivity index (χ2v) is 6.59. The van der Waals surface area contributed by atoms with Gasteiger partial charge in [0, 0.05) is 25.0 Å². The van der Waals surface area contributed by atoms with Crippen molar-refractivity contribution >= 4 is 5.91 Å². The van der Waals surface area contributed by atoms with Gasteiger partial charge < -0.3 is 10.6 Å². The summed E-state index contributed by atoms with van der Waals surface area (Å²) in [5, 5.41) is 0. The lowest BCUT2D eigenvalue weighted by Gasteiger charge is -2.31. The molecule has 2 N–H and O–H groups in total. The Labute approximate surface area is 110 Å². The normalized spacial score (nSPS) is 37.6. The highest BCUT2D eigenvalue weighted by molar-refractivity contribution is 5.81. The highest BCUT2D eigenvalue weighted by Crippen LogP contribution is 2.50. The molecule has 0 aromatic rings. The summed E-state index contributed by atoms with van der Waals surface area (Å²) in [5.41, 5.74) is 5.97. The fourth-order valence-corrected chi connectivity index (χ4v) is 4.03. The zero-order valence-electron chi connectivity index (χ0n) is 11.3. The molecule has 0 bridgehead atoms. The molecule has 3 atom stereocenters. The summed E-state index contributed by atoms with van der Waals surface area (Å²) >= 11 is 0. The number of carbonyl (C=O) groups is 1. The first-order valence-electron chi connectivity index (χ1n) is 7.80. The minimum Gasteiger partial charge on any atom is -0.341 e. The van der Waals surface area contributed by atoms with Gasteiger partial charge in [-0.1, -0.05) is 32.1 Å². The van der Waals surface area contributed by atoms with Crippen LogP contribution in [0.15, 0.2) is 0 Å². The van der Waals surface area contributed by atoms with Crippen LogP contribution in [0, 0.1) is 17.8 Å². The van der Waals surface area contributed by atoms with Gasteiger partial charge in [-0.05, 0) is 31.1 Å². The quantitative estimate of drug-likeness (QED) is 0.816. The van der Waals surface area contributed by atoms with E-state index in [2.05, 4.69) is 0 Å². The maximum absolute atomic E-state index is 12.4. The van der Waals surface area contributed by atoms with E-state index in [1.165, 1.54) is 32.1 Å². The molecule has 18 heavy (non-hydrogen) atoms. The molecular weight excluding hydrogens is 224 g/mol. The van der Waals surface area contributed by atoms with Gasteiger partial charge in [-0.3, -0.25) is 4.79 Å². The molecule has 1 saturated heterocycles. The van der Waals surface area contributed by atoms with Crippen molar-refractivity contribution < 1.29 is 4.79 Å². The van der Waals surface area contributed by atoms with Crippen molar-refractivity contribution in [3.05, 3.63) is 0 Å². The highest BCUT2D eigenvalue weighted by atomic mass is 16.2. The third kappa shape index (κ3) is 2.56. The van der Waals surface area contributed by atoms with E-state index >= 15 is 0 Å². The first-order chi connectivity index (χ1) is 8.75. The summed E-state index contributed by atoms with van der Waals surface area (Å²) in [5.74, 6) is 2.35. The van der Waals surface area contributed by atoms with E-state index in [9.17, 15) is 4.79 Å². The van der Waals surface area contributed by atoms with Crippen LogP contribution in [0.4, 0.5) is 0 Å². The Kier molecular flexibility index (Phi) is 3.60. The molecule has 0 radical (unpaired) electrons. The van der Waals surface area contributed by atoms with Gasteiger partial charge >= 0.3 is 0 Å². The average Bonchev–Trinajstić information content (AvgIpc) is 3.19. The number of rotatable bonds is 2. The molecule has 2 saturated carbocycles. The van der Waals surface area contributed by atoms with Gasteiger partial charge in [0.1, 0.15) is 0 Å². The molecule has 0 aromatic heterocycles. The van der Waals surface area contributed by atoms with Gasteiger partial charge in [-0.15, -0.1) is 0 Å². The summed E-state index contributed by atoms with van der Waals surface area (Å²) in [7, 11) is 0. The summed E-state index contributed by atoms with van der Waals surface area (Å²) in [4.78, 5) is 14.5. The van der Waals surface area contributed by atoms with E-state index in [-0.39, 0.29) is 6.04 Å². The number of likely N-dealkylation sites (tertiary alicyclic amines) is 1. The van der Waals surface area contributed by atoms with Crippen molar-refractivity contribution in [1.29, 1.82) is 0 Å². The number of hydrogen-bond acceptors (Lipinski definition) is 2. The fraction of sp³-hybridized carbons (Fsp3) is 0.933. The fourth-order valence-electron chi connectivity index (χ4n) is 4.03. The maximum Gasteiger partial charge on any atom is 0.226 e. The first-order valence-corrected chi connectivity index (χ1v) is 7.80. The van der Waals surface area contributed by atoms with Gasteiger partial charge in [0.25, 0.3) is 0 Å². The van der Waals surface area contributed by atoms with Crippen LogP contribution in [0.3, 0.4) is 0 Å². The maximum atomic E-state index is 12.4. The molecule has 3 heteroatoms. The predicted octanol–water partition coefficient (Wildman–Crippen LogP) is 2.15. The van der Waals surface area contributed by atoms with Crippen LogP contribution in [0.2, 0.25) is 0 Å². The Hall–Kier alpha value is -0.570. The standard InChI is InChI=1S/C15H26N2O/c16-12-7-4-8-17(10-12)15(18)14-9-13(14)11-5-2-1-3-6-11/h11-14H,1-10,16H2. The topological polar surface area (TPSA) is 46.3 Å². The summed E-state index contributed by atoms with van der Waals surface area (Å²) in [6.45, 7) is 1.74. The van der Waals surface area contributed by atoms with Crippen LogP contribution < -0.4 is 5.73 Å². The van der Waals surface area contributed by atoms with Crippen molar-refractivity contribution in [1.82, 2.24) is 4.90 Å². The third-order valence-electron chi connectivity index (χ3n) is 5.18. The van der Waals surface area contributed by atoms with E-state index in [1.807, 2.05) is 4.90 Å². The molecule has 3 unspecified atom stereocenters. The molecule has 3 rings (SSSR count). The Balaban J connectivity index is 1.52. The van der Waals surface area contributed by atoms with E-state index < -0.39 is 0 Å². The van der Waals surface area contributed by atoms with Crippen molar-refractivity contribution in [2.45, 2.75) is 57.4 Å². The van der Waals surface area contributed by atoms with Gasteiger partial charge in [-0.25, -0.2) is 0 Å². The predicted molar refractivity (Wildman–Crippen MR) is 72.0 cm³/mol. The molecule has 2 aliphatic carbocycles. The molecule has 3 nitrogen and oxygen atoms in total. The van der Waals surface area contributed by atoms with E-state index in [1.54, 1.807) is 0 Å². The summed E-state index contributed by atoms with van der Waals surface area (Å²) in [6, 6.07) is 0.217. The van der Waals surface area contributed by atoms with E-state index in [0.717, 1.165) is 44.2 Å². The molecule has 3 fully saturated rings. The van der Waals surface area contributed by atoms with Crippen molar-refractivity contribution in [3.8, 4) is 0 Å². The number of hydrogen-bond donors (Lipinski definition) is 1.